The van der Waals surface area contributed by atoms with Gasteiger partial charge in [-0.3, -0.25) is 4.90 Å². The molecule has 0 amide bonds. The molecule has 3 nitrogen and oxygen atoms in total. The van der Waals surface area contributed by atoms with Crippen LogP contribution in [0.15, 0.2) is 24.3 Å². The fourth-order valence-electron chi connectivity index (χ4n) is 3.12. The summed E-state index contributed by atoms with van der Waals surface area (Å²) in [6, 6.07) is 8.77. The van der Waals surface area contributed by atoms with Crippen molar-refractivity contribution in [3.8, 4) is 0 Å². The highest BCUT2D eigenvalue weighted by Gasteiger charge is 2.21. The van der Waals surface area contributed by atoms with Crippen molar-refractivity contribution in [3.63, 3.8) is 0 Å². The zero-order valence-electron chi connectivity index (χ0n) is 10.9. The number of aliphatic hydroxyl groups is 1. The first-order chi connectivity index (χ1) is 8.83. The molecule has 1 fully saturated rings. The van der Waals surface area contributed by atoms with Crippen molar-refractivity contribution < 1.29 is 5.11 Å². The highest BCUT2D eigenvalue weighted by atomic mass is 16.3. The van der Waals surface area contributed by atoms with Crippen molar-refractivity contribution in [1.82, 2.24) is 4.90 Å². The molecule has 1 unspecified atom stereocenters. The molecule has 0 radical (unpaired) electrons. The molecule has 18 heavy (non-hydrogen) atoms. The second-order valence-electron chi connectivity index (χ2n) is 5.46. The lowest BCUT2D eigenvalue weighted by atomic mass is 10.0. The topological polar surface area (TPSA) is 26.7 Å². The van der Waals surface area contributed by atoms with Crippen LogP contribution in [-0.4, -0.2) is 48.8 Å². The minimum absolute atomic E-state index is 0.0985. The fourth-order valence-corrected chi connectivity index (χ4v) is 3.12. The summed E-state index contributed by atoms with van der Waals surface area (Å²) >= 11 is 0. The summed E-state index contributed by atoms with van der Waals surface area (Å²) in [7, 11) is 0. The summed E-state index contributed by atoms with van der Waals surface area (Å²) < 4.78 is 0. The van der Waals surface area contributed by atoms with Gasteiger partial charge in [0.2, 0.25) is 0 Å². The molecule has 98 valence electrons. The highest BCUT2D eigenvalue weighted by molar-refractivity contribution is 5.55. The van der Waals surface area contributed by atoms with Crippen LogP contribution in [0.2, 0.25) is 0 Å². The maximum atomic E-state index is 9.54. The lowest BCUT2D eigenvalue weighted by molar-refractivity contribution is 0.177. The quantitative estimate of drug-likeness (QED) is 0.875. The third kappa shape index (κ3) is 2.52. The van der Waals surface area contributed by atoms with Crippen LogP contribution in [-0.2, 0) is 6.42 Å². The number of likely N-dealkylation sites (tertiary alicyclic amines) is 1. The summed E-state index contributed by atoms with van der Waals surface area (Å²) in [5.41, 5.74) is 2.91. The molecule has 3 rings (SSSR count). The van der Waals surface area contributed by atoms with Crippen LogP contribution in [0.3, 0.4) is 0 Å². The normalized spacial score (nSPS) is 24.3. The third-order valence-corrected chi connectivity index (χ3v) is 4.14. The van der Waals surface area contributed by atoms with Gasteiger partial charge in [-0.2, -0.15) is 0 Å². The number of para-hydroxylation sites is 1. The van der Waals surface area contributed by atoms with E-state index >= 15 is 0 Å². The molecule has 1 aromatic rings. The molecule has 2 aliphatic rings. The number of benzene rings is 1. The smallest absolute Gasteiger partial charge is 0.0679 e. The van der Waals surface area contributed by atoms with E-state index in [0.717, 1.165) is 32.6 Å². The molecule has 0 bridgehead atoms. The zero-order valence-corrected chi connectivity index (χ0v) is 10.9. The zero-order chi connectivity index (χ0) is 12.4. The summed E-state index contributed by atoms with van der Waals surface area (Å²) in [6.45, 7) is 5.24. The van der Waals surface area contributed by atoms with Crippen LogP contribution >= 0.6 is 0 Å². The first-order valence-corrected chi connectivity index (χ1v) is 7.06. The minimum Gasteiger partial charge on any atom is -0.392 e. The minimum atomic E-state index is -0.0985. The molecular weight excluding hydrogens is 224 g/mol. The van der Waals surface area contributed by atoms with Crippen molar-refractivity contribution >= 4 is 5.69 Å². The van der Waals surface area contributed by atoms with Gasteiger partial charge >= 0.3 is 0 Å². The van der Waals surface area contributed by atoms with Crippen LogP contribution in [0, 0.1) is 0 Å². The van der Waals surface area contributed by atoms with Crippen LogP contribution in [0.5, 0.6) is 0 Å². The molecule has 0 aliphatic carbocycles. The summed E-state index contributed by atoms with van der Waals surface area (Å²) in [5, 5.41) is 9.54. The molecule has 3 heteroatoms. The number of anilines is 1. The molecule has 2 aliphatic heterocycles. The Morgan fingerprint density at radius 3 is 2.89 bits per heavy atom. The van der Waals surface area contributed by atoms with E-state index in [0.29, 0.717) is 0 Å². The largest absolute Gasteiger partial charge is 0.392 e. The SMILES string of the molecule is OC1CCN(CCN2CCCc3ccccc32)C1. The Morgan fingerprint density at radius 2 is 2.06 bits per heavy atom. The molecule has 1 aromatic carbocycles. The molecule has 2 heterocycles. The second-order valence-corrected chi connectivity index (χ2v) is 5.46. The van der Waals surface area contributed by atoms with E-state index in [9.17, 15) is 5.11 Å². The van der Waals surface area contributed by atoms with E-state index in [1.807, 2.05) is 0 Å². The monoisotopic (exact) mass is 246 g/mol. The van der Waals surface area contributed by atoms with Gasteiger partial charge in [0.05, 0.1) is 6.10 Å². The molecular formula is C15H22N2O. The number of β-amino-alcohol motifs (C(OH)–C–C–N with tert-alkyl or cyclic N) is 1. The summed E-state index contributed by atoms with van der Waals surface area (Å²) in [4.78, 5) is 4.88. The maximum Gasteiger partial charge on any atom is 0.0679 e. The van der Waals surface area contributed by atoms with Crippen molar-refractivity contribution in [1.29, 1.82) is 0 Å². The van der Waals surface area contributed by atoms with Crippen molar-refractivity contribution in [2.75, 3.05) is 37.6 Å². The van der Waals surface area contributed by atoms with Gasteiger partial charge < -0.3 is 10.0 Å². The first kappa shape index (κ1) is 12.0. The Labute approximate surface area is 109 Å². The second kappa shape index (κ2) is 5.29. The lowest BCUT2D eigenvalue weighted by Gasteiger charge is -2.32. The Kier molecular flexibility index (Phi) is 3.52. The number of rotatable bonds is 3. The highest BCUT2D eigenvalue weighted by Crippen LogP contribution is 2.26. The van der Waals surface area contributed by atoms with Crippen molar-refractivity contribution in [2.24, 2.45) is 0 Å². The van der Waals surface area contributed by atoms with Crippen LogP contribution in [0.4, 0.5) is 5.69 Å². The van der Waals surface area contributed by atoms with Gasteiger partial charge in [-0.25, -0.2) is 0 Å². The molecule has 1 N–H and O–H groups in total. The van der Waals surface area contributed by atoms with Gasteiger partial charge in [0, 0.05) is 38.4 Å². The summed E-state index contributed by atoms with van der Waals surface area (Å²) in [6.07, 6.45) is 3.32. The number of nitrogens with zero attached hydrogens (tertiary/aromatic N) is 2. The third-order valence-electron chi connectivity index (χ3n) is 4.14. The predicted octanol–water partition coefficient (Wildman–Crippen LogP) is 1.51. The van der Waals surface area contributed by atoms with Crippen LogP contribution in [0.25, 0.3) is 0 Å². The average molecular weight is 246 g/mol. The fraction of sp³-hybridized carbons (Fsp3) is 0.600. The average Bonchev–Trinajstić information content (AvgIpc) is 2.82. The van der Waals surface area contributed by atoms with E-state index in [4.69, 9.17) is 0 Å². The number of hydrogen-bond acceptors (Lipinski definition) is 3. The molecule has 0 spiro atoms. The van der Waals surface area contributed by atoms with E-state index in [2.05, 4.69) is 34.1 Å². The molecule has 1 saturated heterocycles. The summed E-state index contributed by atoms with van der Waals surface area (Å²) in [5.74, 6) is 0. The number of fused-ring (bicyclic) bond motifs is 1. The Morgan fingerprint density at radius 1 is 1.17 bits per heavy atom. The molecule has 1 atom stereocenters. The van der Waals surface area contributed by atoms with Gasteiger partial charge in [0.25, 0.3) is 0 Å². The Hall–Kier alpha value is -1.06. The van der Waals surface area contributed by atoms with Gasteiger partial charge in [0.1, 0.15) is 0 Å². The molecule has 0 aromatic heterocycles. The predicted molar refractivity (Wildman–Crippen MR) is 74.0 cm³/mol. The van der Waals surface area contributed by atoms with Crippen LogP contribution in [0.1, 0.15) is 18.4 Å². The number of aliphatic hydroxyl groups excluding tert-OH is 1. The van der Waals surface area contributed by atoms with Gasteiger partial charge in [-0.1, -0.05) is 18.2 Å². The van der Waals surface area contributed by atoms with Gasteiger partial charge in [0.15, 0.2) is 0 Å². The van der Waals surface area contributed by atoms with E-state index in [1.165, 1.54) is 30.6 Å². The maximum absolute atomic E-state index is 9.54. The molecule has 0 saturated carbocycles. The van der Waals surface area contributed by atoms with Gasteiger partial charge in [-0.05, 0) is 30.9 Å². The Balaban J connectivity index is 1.60. The Bertz CT molecular complexity index is 407. The van der Waals surface area contributed by atoms with E-state index in [-0.39, 0.29) is 6.10 Å². The first-order valence-electron chi connectivity index (χ1n) is 7.06. The van der Waals surface area contributed by atoms with Crippen molar-refractivity contribution in [2.45, 2.75) is 25.4 Å². The number of aryl methyl sites for hydroxylation is 1. The van der Waals surface area contributed by atoms with Gasteiger partial charge in [-0.15, -0.1) is 0 Å². The van der Waals surface area contributed by atoms with E-state index in [1.54, 1.807) is 0 Å². The lowest BCUT2D eigenvalue weighted by Crippen LogP contribution is -2.37. The standard InChI is InChI=1S/C15H22N2O/c18-14-7-9-16(12-14)10-11-17-8-3-5-13-4-1-2-6-15(13)17/h1-2,4,6,14,18H,3,5,7-12H2. The van der Waals surface area contributed by atoms with Crippen molar-refractivity contribution in [3.05, 3.63) is 29.8 Å². The van der Waals surface area contributed by atoms with E-state index < -0.39 is 0 Å². The number of hydrogen-bond donors (Lipinski definition) is 1. The van der Waals surface area contributed by atoms with Crippen LogP contribution < -0.4 is 4.90 Å².